The van der Waals surface area contributed by atoms with Crippen LogP contribution in [0.25, 0.3) is 11.1 Å². The zero-order valence-corrected chi connectivity index (χ0v) is 23.3. The number of amides is 2. The number of carbonyl (C=O) groups excluding carboxylic acids is 2. The van der Waals surface area contributed by atoms with Crippen molar-refractivity contribution in [2.75, 3.05) is 36.4 Å². The van der Waals surface area contributed by atoms with E-state index in [4.69, 9.17) is 0 Å². The molecule has 0 spiro atoms. The Bertz CT molecular complexity index is 1590. The lowest BCUT2D eigenvalue weighted by atomic mass is 9.99. The van der Waals surface area contributed by atoms with Crippen molar-refractivity contribution in [3.05, 3.63) is 82.6 Å². The number of aromatic nitrogens is 3. The Hall–Kier alpha value is -4.09. The molecule has 1 unspecified atom stereocenters. The molecule has 210 valence electrons. The Labute approximate surface area is 241 Å². The monoisotopic (exact) mass is 571 g/mol. The van der Waals surface area contributed by atoms with Crippen LogP contribution >= 0.6 is 11.3 Å². The maximum absolute atomic E-state index is 15.6. The molecule has 0 radical (unpaired) electrons. The summed E-state index contributed by atoms with van der Waals surface area (Å²) < 4.78 is 17.6. The van der Waals surface area contributed by atoms with Crippen molar-refractivity contribution in [3.63, 3.8) is 0 Å². The first kappa shape index (κ1) is 25.8. The van der Waals surface area contributed by atoms with Gasteiger partial charge in [-0.2, -0.15) is 0 Å². The van der Waals surface area contributed by atoms with Crippen molar-refractivity contribution in [2.45, 2.75) is 38.4 Å². The topological polar surface area (TPSA) is 95.4 Å². The van der Waals surface area contributed by atoms with E-state index in [-0.39, 0.29) is 18.0 Å². The van der Waals surface area contributed by atoms with E-state index < -0.39 is 17.8 Å². The highest BCUT2D eigenvalue weighted by Crippen LogP contribution is 2.38. The number of rotatable bonds is 6. The molecule has 1 saturated heterocycles. The van der Waals surface area contributed by atoms with E-state index in [0.717, 1.165) is 68.9 Å². The van der Waals surface area contributed by atoms with E-state index in [1.807, 2.05) is 16.7 Å². The van der Waals surface area contributed by atoms with Gasteiger partial charge in [-0.15, -0.1) is 11.3 Å². The highest BCUT2D eigenvalue weighted by molar-refractivity contribution is 7.13. The summed E-state index contributed by atoms with van der Waals surface area (Å²) >= 11 is 1.30. The highest BCUT2D eigenvalue weighted by Gasteiger charge is 2.42. The van der Waals surface area contributed by atoms with Gasteiger partial charge in [0.25, 0.3) is 11.8 Å². The van der Waals surface area contributed by atoms with Crippen LogP contribution in [0.1, 0.15) is 46.2 Å². The summed E-state index contributed by atoms with van der Waals surface area (Å²) in [6, 6.07) is 10.3. The molecule has 7 rings (SSSR count). The van der Waals surface area contributed by atoms with Gasteiger partial charge in [-0.25, -0.2) is 14.4 Å². The second-order valence-corrected chi connectivity index (χ2v) is 11.6. The summed E-state index contributed by atoms with van der Waals surface area (Å²) in [5.74, 6) is -1.24. The van der Waals surface area contributed by atoms with Crippen molar-refractivity contribution < 1.29 is 14.0 Å². The molecule has 2 amide bonds. The van der Waals surface area contributed by atoms with Crippen molar-refractivity contribution in [3.8, 4) is 11.1 Å². The fourth-order valence-corrected chi connectivity index (χ4v) is 6.67. The minimum absolute atomic E-state index is 0.00946. The molecule has 3 aliphatic rings. The van der Waals surface area contributed by atoms with Gasteiger partial charge in [0.1, 0.15) is 5.82 Å². The molecule has 9 nitrogen and oxygen atoms in total. The normalized spacial score (nSPS) is 17.3. The summed E-state index contributed by atoms with van der Waals surface area (Å²) in [4.78, 5) is 40.1. The maximum atomic E-state index is 15.6. The predicted molar refractivity (Wildman–Crippen MR) is 155 cm³/mol. The Morgan fingerprint density at radius 2 is 1.93 bits per heavy atom. The number of fused-ring (bicyclic) bond motifs is 2. The second-order valence-electron chi connectivity index (χ2n) is 10.7. The van der Waals surface area contributed by atoms with Crippen LogP contribution in [0.4, 0.5) is 15.2 Å². The van der Waals surface area contributed by atoms with Crippen LogP contribution < -0.4 is 15.5 Å². The molecule has 41 heavy (non-hydrogen) atoms. The van der Waals surface area contributed by atoms with Gasteiger partial charge >= 0.3 is 0 Å². The van der Waals surface area contributed by atoms with Gasteiger partial charge < -0.3 is 19.7 Å². The number of halogens is 1. The van der Waals surface area contributed by atoms with Gasteiger partial charge in [0.05, 0.1) is 18.6 Å². The molecule has 1 fully saturated rings. The lowest BCUT2D eigenvalue weighted by Crippen LogP contribution is -2.38. The van der Waals surface area contributed by atoms with E-state index in [9.17, 15) is 9.59 Å². The average molecular weight is 572 g/mol. The minimum Gasteiger partial charge on any atom is -0.370 e. The van der Waals surface area contributed by atoms with E-state index >= 15 is 4.39 Å². The summed E-state index contributed by atoms with van der Waals surface area (Å²) in [6.07, 6.45) is 6.13. The Morgan fingerprint density at radius 3 is 2.76 bits per heavy atom. The molecule has 2 aromatic heterocycles. The molecule has 1 atom stereocenters. The summed E-state index contributed by atoms with van der Waals surface area (Å²) in [5.41, 5.74) is 4.66. The molecule has 5 heterocycles. The lowest BCUT2D eigenvalue weighted by molar-refractivity contribution is -0.121. The second kappa shape index (κ2) is 10.7. The summed E-state index contributed by atoms with van der Waals surface area (Å²) in [6.45, 7) is 4.70. The number of hydrogen-bond acceptors (Lipinski definition) is 7. The zero-order chi connectivity index (χ0) is 27.9. The third-order valence-electron chi connectivity index (χ3n) is 8.19. The Morgan fingerprint density at radius 1 is 1.05 bits per heavy atom. The van der Waals surface area contributed by atoms with Gasteiger partial charge in [0.2, 0.25) is 0 Å². The van der Waals surface area contributed by atoms with Crippen LogP contribution in [0.3, 0.4) is 0 Å². The number of thiazole rings is 1. The quantitative estimate of drug-likeness (QED) is 0.360. The third kappa shape index (κ3) is 4.78. The molecule has 3 aliphatic heterocycles. The SMILES string of the molecule is O=C(Nc1nccs1)C(c1ncn2c1CCC2)N1Cc2c(F)cc(-c3ccc(N4CCCNCC4)cc3)cc2C1=O. The summed E-state index contributed by atoms with van der Waals surface area (Å²) in [7, 11) is 0. The van der Waals surface area contributed by atoms with Crippen molar-refractivity contribution in [1.82, 2.24) is 24.8 Å². The number of hydrogen-bond donors (Lipinski definition) is 2. The van der Waals surface area contributed by atoms with Crippen LogP contribution in [-0.4, -0.2) is 57.4 Å². The number of carbonyl (C=O) groups is 2. The van der Waals surface area contributed by atoms with Crippen LogP contribution in [0, 0.1) is 5.82 Å². The van der Waals surface area contributed by atoms with Gasteiger partial charge in [-0.3, -0.25) is 14.9 Å². The molecule has 0 bridgehead atoms. The zero-order valence-electron chi connectivity index (χ0n) is 22.5. The number of anilines is 2. The van der Waals surface area contributed by atoms with E-state index in [0.29, 0.717) is 22.0 Å². The molecule has 0 aliphatic carbocycles. The molecule has 4 aromatic rings. The van der Waals surface area contributed by atoms with Gasteiger partial charge in [-0.05, 0) is 61.2 Å². The lowest BCUT2D eigenvalue weighted by Gasteiger charge is -2.26. The predicted octanol–water partition coefficient (Wildman–Crippen LogP) is 4.23. The Balaban J connectivity index is 1.19. The molecular weight excluding hydrogens is 541 g/mol. The smallest absolute Gasteiger partial charge is 0.255 e. The van der Waals surface area contributed by atoms with Gasteiger partial charge in [0.15, 0.2) is 11.2 Å². The molecule has 0 saturated carbocycles. The van der Waals surface area contributed by atoms with Crippen molar-refractivity contribution in [1.29, 1.82) is 0 Å². The molecule has 11 heteroatoms. The number of nitrogens with zero attached hydrogens (tertiary/aromatic N) is 5. The van der Waals surface area contributed by atoms with Crippen LogP contribution in [0.15, 0.2) is 54.3 Å². The van der Waals surface area contributed by atoms with Crippen LogP contribution in [-0.2, 0) is 24.3 Å². The first-order chi connectivity index (χ1) is 20.1. The first-order valence-electron chi connectivity index (χ1n) is 14.0. The van der Waals surface area contributed by atoms with Crippen LogP contribution in [0.5, 0.6) is 0 Å². The molecular formula is C30H30FN7O2S. The van der Waals surface area contributed by atoms with E-state index in [1.54, 1.807) is 24.0 Å². The van der Waals surface area contributed by atoms with Gasteiger partial charge in [-0.1, -0.05) is 12.1 Å². The fourth-order valence-electron chi connectivity index (χ4n) is 6.13. The number of nitrogens with one attached hydrogen (secondary N) is 2. The van der Waals surface area contributed by atoms with Crippen LogP contribution in [0.2, 0.25) is 0 Å². The Kier molecular flexibility index (Phi) is 6.76. The van der Waals surface area contributed by atoms with Crippen molar-refractivity contribution in [2.24, 2.45) is 0 Å². The van der Waals surface area contributed by atoms with E-state index in [2.05, 4.69) is 37.6 Å². The molecule has 2 N–H and O–H groups in total. The molecule has 2 aromatic carbocycles. The third-order valence-corrected chi connectivity index (χ3v) is 8.88. The van der Waals surface area contributed by atoms with E-state index in [1.165, 1.54) is 22.3 Å². The van der Waals surface area contributed by atoms with Gasteiger partial charge in [0, 0.05) is 60.3 Å². The first-order valence-corrected chi connectivity index (χ1v) is 14.9. The van der Waals surface area contributed by atoms with Crippen molar-refractivity contribution >= 4 is 34.0 Å². The number of benzene rings is 2. The number of aryl methyl sites for hydroxylation is 1. The number of imidazole rings is 1. The maximum Gasteiger partial charge on any atom is 0.255 e. The minimum atomic E-state index is -1.00. The standard InChI is InChI=1S/C30H30FN7O2S/c31-24-16-20(19-4-6-21(7-5-19)36-12-2-8-32-9-13-36)15-22-23(24)17-38(29(22)40)27(28(39)35-30-33-10-14-41-30)26-25-3-1-11-37(25)18-34-26/h4-7,10,14-16,18,27,32H,1-3,8-9,11-13,17H2,(H,33,35,39). The largest absolute Gasteiger partial charge is 0.370 e. The fraction of sp³-hybridized carbons (Fsp3) is 0.333. The summed E-state index contributed by atoms with van der Waals surface area (Å²) in [5, 5.41) is 8.46. The average Bonchev–Trinajstić information content (AvgIpc) is 3.75. The highest BCUT2D eigenvalue weighted by atomic mass is 32.1.